The molecule has 0 bridgehead atoms. The lowest BCUT2D eigenvalue weighted by Gasteiger charge is -2.22. The fourth-order valence-electron chi connectivity index (χ4n) is 8.98. The molecule has 2 unspecified atom stereocenters. The zero-order valence-electron chi connectivity index (χ0n) is 43.7. The summed E-state index contributed by atoms with van der Waals surface area (Å²) in [5.74, 6) is -0.107. The highest BCUT2D eigenvalue weighted by atomic mass is 16.5. The number of ether oxygens (including phenoxy) is 1. The van der Waals surface area contributed by atoms with Gasteiger partial charge in [0.1, 0.15) is 0 Å². The maximum atomic E-state index is 12.5. The Balaban J connectivity index is 3.50. The molecule has 0 spiro atoms. The second-order valence-electron chi connectivity index (χ2n) is 20.0. The molecule has 65 heavy (non-hydrogen) atoms. The quantitative estimate of drug-likeness (QED) is 0.0321. The minimum atomic E-state index is -0.687. The van der Waals surface area contributed by atoms with E-state index in [9.17, 15) is 19.8 Å². The Hall–Kier alpha value is -1.66. The average Bonchev–Trinajstić information content (AvgIpc) is 3.31. The highest BCUT2D eigenvalue weighted by molar-refractivity contribution is 5.76. The maximum Gasteiger partial charge on any atom is 0.305 e. The molecule has 0 aromatic rings. The van der Waals surface area contributed by atoms with E-state index in [4.69, 9.17) is 4.74 Å². The zero-order valence-corrected chi connectivity index (χ0v) is 43.7. The number of unbranched alkanes of at least 4 members (excludes halogenated alkanes) is 39. The van der Waals surface area contributed by atoms with Crippen molar-refractivity contribution in [3.63, 3.8) is 0 Å². The molecule has 0 aliphatic heterocycles. The van der Waals surface area contributed by atoms with E-state index in [1.807, 2.05) is 0 Å². The van der Waals surface area contributed by atoms with Crippen LogP contribution in [-0.2, 0) is 14.3 Å². The van der Waals surface area contributed by atoms with Crippen molar-refractivity contribution < 1.29 is 24.5 Å². The summed E-state index contributed by atoms with van der Waals surface area (Å²) in [6, 6.07) is -0.568. The number of nitrogens with one attached hydrogen (secondary N) is 1. The number of carbonyl (C=O) groups excluding carboxylic acids is 2. The van der Waals surface area contributed by atoms with E-state index in [1.54, 1.807) is 0 Å². The molecule has 0 rings (SSSR count). The Morgan fingerprint density at radius 2 is 0.723 bits per heavy atom. The van der Waals surface area contributed by atoms with Crippen LogP contribution in [-0.4, -0.2) is 47.4 Å². The summed E-state index contributed by atoms with van der Waals surface area (Å²) in [5.41, 5.74) is 0. The van der Waals surface area contributed by atoms with Crippen molar-refractivity contribution >= 4 is 11.9 Å². The number of aliphatic hydroxyl groups excluding tert-OH is 2. The van der Waals surface area contributed by atoms with E-state index in [-0.39, 0.29) is 18.5 Å². The molecule has 6 heteroatoms. The first kappa shape index (κ1) is 63.3. The van der Waals surface area contributed by atoms with E-state index in [0.29, 0.717) is 25.9 Å². The molecular weight excluding hydrogens is 803 g/mol. The number of hydrogen-bond donors (Lipinski definition) is 3. The largest absolute Gasteiger partial charge is 0.466 e. The Labute approximate surface area is 405 Å². The summed E-state index contributed by atoms with van der Waals surface area (Å²) in [6.45, 7) is 4.88. The van der Waals surface area contributed by atoms with Gasteiger partial charge in [-0.3, -0.25) is 9.59 Å². The van der Waals surface area contributed by atoms with E-state index in [0.717, 1.165) is 77.0 Å². The number of rotatable bonds is 54. The molecule has 0 heterocycles. The second kappa shape index (κ2) is 54.9. The van der Waals surface area contributed by atoms with Gasteiger partial charge in [-0.1, -0.05) is 250 Å². The summed E-state index contributed by atoms with van der Waals surface area (Å²) in [5, 5.41) is 23.3. The van der Waals surface area contributed by atoms with Crippen molar-refractivity contribution in [3.8, 4) is 0 Å². The van der Waals surface area contributed by atoms with Crippen LogP contribution in [0.5, 0.6) is 0 Å². The monoisotopic (exact) mass is 916 g/mol. The van der Waals surface area contributed by atoms with Crippen LogP contribution in [0, 0.1) is 0 Å². The van der Waals surface area contributed by atoms with Gasteiger partial charge in [-0.05, 0) is 77.0 Å². The lowest BCUT2D eigenvalue weighted by atomic mass is 10.0. The molecule has 2 atom stereocenters. The third-order valence-corrected chi connectivity index (χ3v) is 13.5. The van der Waals surface area contributed by atoms with Crippen LogP contribution in [0.3, 0.4) is 0 Å². The molecule has 0 saturated heterocycles. The first-order valence-corrected chi connectivity index (χ1v) is 29.1. The zero-order chi connectivity index (χ0) is 47.2. The number of amides is 1. The first-order chi connectivity index (χ1) is 32.0. The van der Waals surface area contributed by atoms with Crippen molar-refractivity contribution in [2.75, 3.05) is 13.2 Å². The van der Waals surface area contributed by atoms with Crippen LogP contribution in [0.25, 0.3) is 0 Å². The average molecular weight is 917 g/mol. The molecule has 0 saturated carbocycles. The number of carbonyl (C=O) groups is 2. The Morgan fingerprint density at radius 1 is 0.415 bits per heavy atom. The van der Waals surface area contributed by atoms with E-state index in [2.05, 4.69) is 43.5 Å². The summed E-state index contributed by atoms with van der Waals surface area (Å²) in [7, 11) is 0. The summed E-state index contributed by atoms with van der Waals surface area (Å²) >= 11 is 0. The molecule has 0 aliphatic rings. The van der Waals surface area contributed by atoms with Gasteiger partial charge in [0.2, 0.25) is 5.91 Å². The highest BCUT2D eigenvalue weighted by Crippen LogP contribution is 2.17. The van der Waals surface area contributed by atoms with Crippen molar-refractivity contribution in [2.45, 2.75) is 328 Å². The van der Waals surface area contributed by atoms with Gasteiger partial charge in [-0.2, -0.15) is 0 Å². The molecule has 3 N–H and O–H groups in total. The molecule has 0 aliphatic carbocycles. The summed E-state index contributed by atoms with van der Waals surface area (Å²) < 4.78 is 5.45. The molecule has 6 nitrogen and oxygen atoms in total. The van der Waals surface area contributed by atoms with Crippen LogP contribution in [0.2, 0.25) is 0 Å². The van der Waals surface area contributed by atoms with Crippen LogP contribution in [0.1, 0.15) is 316 Å². The lowest BCUT2D eigenvalue weighted by molar-refractivity contribution is -0.143. The molecule has 0 fully saturated rings. The lowest BCUT2D eigenvalue weighted by Crippen LogP contribution is -2.45. The van der Waals surface area contributed by atoms with Gasteiger partial charge in [0.25, 0.3) is 0 Å². The predicted molar refractivity (Wildman–Crippen MR) is 283 cm³/mol. The van der Waals surface area contributed by atoms with Crippen LogP contribution in [0.4, 0.5) is 0 Å². The third kappa shape index (κ3) is 51.6. The topological polar surface area (TPSA) is 95.9 Å². The number of hydrogen-bond acceptors (Lipinski definition) is 5. The third-order valence-electron chi connectivity index (χ3n) is 13.5. The van der Waals surface area contributed by atoms with Crippen LogP contribution >= 0.6 is 0 Å². The van der Waals surface area contributed by atoms with E-state index >= 15 is 0 Å². The molecule has 0 radical (unpaired) electrons. The van der Waals surface area contributed by atoms with Crippen molar-refractivity contribution in [1.82, 2.24) is 5.32 Å². The van der Waals surface area contributed by atoms with Gasteiger partial charge in [-0.15, -0.1) is 0 Å². The minimum absolute atomic E-state index is 0.0385. The molecule has 0 aromatic heterocycles. The SMILES string of the molecule is CCCCCCCCC/C=C\CCCCCCCCCC(=O)OCCCC/C=C\CCCCCCC(=O)NC(CO)C(O)CCCCCCCCCCCCCCCCCCCCCC. The fourth-order valence-corrected chi connectivity index (χ4v) is 8.98. The predicted octanol–water partition coefficient (Wildman–Crippen LogP) is 17.9. The van der Waals surface area contributed by atoms with Crippen molar-refractivity contribution in [3.05, 3.63) is 24.3 Å². The number of esters is 1. The summed E-state index contributed by atoms with van der Waals surface area (Å²) in [6.07, 6.45) is 66.0. The van der Waals surface area contributed by atoms with E-state index in [1.165, 1.54) is 205 Å². The molecular formula is C59H113NO5. The Morgan fingerprint density at radius 3 is 1.09 bits per heavy atom. The second-order valence-corrected chi connectivity index (χ2v) is 20.0. The van der Waals surface area contributed by atoms with Gasteiger partial charge >= 0.3 is 5.97 Å². The van der Waals surface area contributed by atoms with Gasteiger partial charge in [-0.25, -0.2) is 0 Å². The smallest absolute Gasteiger partial charge is 0.305 e. The normalized spacial score (nSPS) is 12.7. The number of allylic oxidation sites excluding steroid dienone is 4. The van der Waals surface area contributed by atoms with E-state index < -0.39 is 12.1 Å². The summed E-state index contributed by atoms with van der Waals surface area (Å²) in [4.78, 5) is 24.6. The Bertz CT molecular complexity index is 1010. The van der Waals surface area contributed by atoms with Gasteiger partial charge < -0.3 is 20.3 Å². The fraction of sp³-hybridized carbons (Fsp3) is 0.898. The van der Waals surface area contributed by atoms with Crippen molar-refractivity contribution in [2.24, 2.45) is 0 Å². The minimum Gasteiger partial charge on any atom is -0.466 e. The molecule has 384 valence electrons. The highest BCUT2D eigenvalue weighted by Gasteiger charge is 2.20. The van der Waals surface area contributed by atoms with Crippen LogP contribution < -0.4 is 5.32 Å². The molecule has 1 amide bonds. The maximum absolute atomic E-state index is 12.5. The van der Waals surface area contributed by atoms with Gasteiger partial charge in [0, 0.05) is 12.8 Å². The van der Waals surface area contributed by atoms with Crippen LogP contribution in [0.15, 0.2) is 24.3 Å². The molecule has 0 aromatic carbocycles. The first-order valence-electron chi connectivity index (χ1n) is 29.1. The Kier molecular flexibility index (Phi) is 53.5. The van der Waals surface area contributed by atoms with Crippen molar-refractivity contribution in [1.29, 1.82) is 0 Å². The van der Waals surface area contributed by atoms with Gasteiger partial charge in [0.15, 0.2) is 0 Å². The standard InChI is InChI=1S/C59H113NO5/c1-3-5-7-9-11-13-15-17-19-21-23-24-25-27-29-31-35-39-43-47-51-57(62)56(55-61)60-58(63)52-48-44-40-36-33-34-38-42-46-50-54-65-59(64)53-49-45-41-37-32-30-28-26-22-20-18-16-14-12-10-8-6-4-2/h20,22,34,38,56-57,61-62H,3-19,21,23-33,35-37,39-55H2,1-2H3,(H,60,63)/b22-20-,38-34-. The van der Waals surface area contributed by atoms with Gasteiger partial charge in [0.05, 0.1) is 25.4 Å². The number of aliphatic hydroxyl groups is 2.